The lowest BCUT2D eigenvalue weighted by atomic mass is 9.97. The van der Waals surface area contributed by atoms with Crippen LogP contribution in [0.3, 0.4) is 0 Å². The molecule has 4 heterocycles. The highest BCUT2D eigenvalue weighted by atomic mass is 14.7. The first kappa shape index (κ1) is 60.5. The second-order valence-electron chi connectivity index (χ2n) is 15.8. The van der Waals surface area contributed by atoms with E-state index in [9.17, 15) is 0 Å². The molecule has 4 nitrogen and oxygen atoms in total. The third kappa shape index (κ3) is 22.0. The Hall–Kier alpha value is -6.52. The van der Waals surface area contributed by atoms with Crippen molar-refractivity contribution in [3.63, 3.8) is 0 Å². The first-order valence-corrected chi connectivity index (χ1v) is 25.6. The van der Waals surface area contributed by atoms with Crippen molar-refractivity contribution < 1.29 is 0 Å². The van der Waals surface area contributed by atoms with Crippen LogP contribution in [-0.4, -0.2) is 19.9 Å². The van der Waals surface area contributed by atoms with Crippen LogP contribution in [-0.2, 0) is 6.42 Å². The fourth-order valence-corrected chi connectivity index (χ4v) is 6.87. The number of rotatable bonds is 9. The van der Waals surface area contributed by atoms with Crippen LogP contribution in [0.2, 0.25) is 0 Å². The molecule has 4 heteroatoms. The Bertz CT molecular complexity index is 2470. The maximum absolute atomic E-state index is 4.28. The van der Waals surface area contributed by atoms with E-state index < -0.39 is 0 Å². The number of hydrogen-bond donors (Lipinski definition) is 0. The fraction of sp³-hybridized carbons (Fsp3) is 0.323. The topological polar surface area (TPSA) is 51.6 Å². The van der Waals surface area contributed by atoms with Gasteiger partial charge < -0.3 is 0 Å². The van der Waals surface area contributed by atoms with Gasteiger partial charge in [-0.2, -0.15) is 0 Å². The zero-order valence-electron chi connectivity index (χ0n) is 45.5. The minimum atomic E-state index is 1.08. The van der Waals surface area contributed by atoms with E-state index >= 15 is 0 Å². The number of aryl methyl sites for hydroxylation is 7. The Morgan fingerprint density at radius 1 is 0.362 bits per heavy atom. The smallest absolute Gasteiger partial charge is 0.0450 e. The molecule has 0 radical (unpaired) electrons. The lowest BCUT2D eigenvalue weighted by Crippen LogP contribution is -1.88. The second kappa shape index (κ2) is 36.5. The molecule has 0 spiro atoms. The summed E-state index contributed by atoms with van der Waals surface area (Å²) in [6.45, 7) is 33.1. The number of pyridine rings is 4. The van der Waals surface area contributed by atoms with Gasteiger partial charge in [-0.3, -0.25) is 19.9 Å². The van der Waals surface area contributed by atoms with Gasteiger partial charge in [0, 0.05) is 60.2 Å². The monoisotopic (exact) mass is 923 g/mol. The van der Waals surface area contributed by atoms with E-state index in [0.717, 1.165) is 5.69 Å². The third-order valence-electron chi connectivity index (χ3n) is 11.1. The predicted octanol–water partition coefficient (Wildman–Crippen LogP) is 19.4. The summed E-state index contributed by atoms with van der Waals surface area (Å²) >= 11 is 0. The molecule has 0 atom stereocenters. The minimum Gasteiger partial charge on any atom is -0.264 e. The van der Waals surface area contributed by atoms with E-state index in [2.05, 4.69) is 172 Å². The average Bonchev–Trinajstić information content (AvgIpc) is 3.42. The predicted molar refractivity (Wildman–Crippen MR) is 305 cm³/mol. The summed E-state index contributed by atoms with van der Waals surface area (Å²) in [6, 6.07) is 44.6. The molecule has 0 aliphatic rings. The summed E-state index contributed by atoms with van der Waals surface area (Å²) in [5.41, 5.74) is 20.3. The number of nitrogens with zero attached hydrogens (tertiary/aromatic N) is 4. The van der Waals surface area contributed by atoms with Crippen molar-refractivity contribution in [2.24, 2.45) is 0 Å². The molecule has 69 heavy (non-hydrogen) atoms. The molecule has 0 aliphatic carbocycles. The van der Waals surface area contributed by atoms with Gasteiger partial charge in [0.15, 0.2) is 0 Å². The molecule has 8 aromatic rings. The van der Waals surface area contributed by atoms with Crippen molar-refractivity contribution in [2.45, 2.75) is 143 Å². The Morgan fingerprint density at radius 2 is 0.812 bits per heavy atom. The fourth-order valence-electron chi connectivity index (χ4n) is 6.87. The van der Waals surface area contributed by atoms with E-state index in [1.165, 1.54) is 116 Å². The van der Waals surface area contributed by atoms with Crippen molar-refractivity contribution in [2.75, 3.05) is 0 Å². The van der Waals surface area contributed by atoms with Gasteiger partial charge in [-0.1, -0.05) is 190 Å². The van der Waals surface area contributed by atoms with Crippen molar-refractivity contribution in [1.82, 2.24) is 19.9 Å². The highest BCUT2D eigenvalue weighted by molar-refractivity contribution is 5.67. The molecule has 0 saturated heterocycles. The van der Waals surface area contributed by atoms with Gasteiger partial charge in [-0.15, -0.1) is 0 Å². The normalized spacial score (nSPS) is 9.45. The molecule has 4 aromatic carbocycles. The molecule has 0 unspecified atom stereocenters. The van der Waals surface area contributed by atoms with Gasteiger partial charge >= 0.3 is 0 Å². The van der Waals surface area contributed by atoms with Crippen LogP contribution in [0, 0.1) is 48.5 Å². The molecular formula is C65H86N4. The third-order valence-corrected chi connectivity index (χ3v) is 11.1. The summed E-state index contributed by atoms with van der Waals surface area (Å²) in [5, 5.41) is 0. The molecule has 8 rings (SSSR count). The molecule has 366 valence electrons. The second-order valence-corrected chi connectivity index (χ2v) is 15.8. The van der Waals surface area contributed by atoms with E-state index in [1.807, 2.05) is 118 Å². The van der Waals surface area contributed by atoms with Crippen LogP contribution < -0.4 is 0 Å². The highest BCUT2D eigenvalue weighted by Crippen LogP contribution is 2.25. The van der Waals surface area contributed by atoms with Gasteiger partial charge in [0.25, 0.3) is 0 Å². The molecule has 0 saturated carbocycles. The number of unbranched alkanes of at least 4 members (excludes halogenated alkanes) is 3. The standard InChI is InChI=1S/C17H21N.C14H15N.2C13H13N.4C2H6/c1-2-3-4-5-7-15-9-11-16(12-10-15)17-8-6-13-18-14-17;1-10-7-14(8-11(2)12(10)3)13-5-4-6-15-9-13;1-10-5-7-12(8-6-10)13-4-3-9-14-11(13)2;1-10-5-6-12(8-11(10)2)13-4-3-7-14-9-13;4*1-2/h6,8-14H,2-5,7H2,1H3;4-9H,1-3H3;2*3-9H,1-2H3;4*1-2H3. The van der Waals surface area contributed by atoms with Gasteiger partial charge in [0.05, 0.1) is 0 Å². The summed E-state index contributed by atoms with van der Waals surface area (Å²) < 4.78 is 0. The van der Waals surface area contributed by atoms with Crippen LogP contribution >= 0.6 is 0 Å². The van der Waals surface area contributed by atoms with E-state index in [4.69, 9.17) is 0 Å². The van der Waals surface area contributed by atoms with Gasteiger partial charge in [-0.05, 0) is 152 Å². The van der Waals surface area contributed by atoms with Crippen LogP contribution in [0.25, 0.3) is 44.5 Å². The van der Waals surface area contributed by atoms with Crippen molar-refractivity contribution in [3.05, 3.63) is 215 Å². The SMILES string of the molecule is CC.CC.CC.CC.CCCCCCc1ccc(-c2cccnc2)cc1.Cc1cc(-c2cccnc2)cc(C)c1C.Cc1ccc(-c2cccnc2)cc1C.Cc1ccc(-c2cccnc2C)cc1. The zero-order chi connectivity index (χ0) is 51.4. The van der Waals surface area contributed by atoms with Crippen LogP contribution in [0.5, 0.6) is 0 Å². The summed E-state index contributed by atoms with van der Waals surface area (Å²) in [6.07, 6.45) is 19.5. The maximum atomic E-state index is 4.28. The number of benzene rings is 4. The largest absolute Gasteiger partial charge is 0.264 e. The molecule has 0 fully saturated rings. The molecule has 4 aromatic heterocycles. The van der Waals surface area contributed by atoms with Gasteiger partial charge in [0.1, 0.15) is 0 Å². The highest BCUT2D eigenvalue weighted by Gasteiger charge is 2.04. The number of hydrogen-bond acceptors (Lipinski definition) is 4. The van der Waals surface area contributed by atoms with E-state index in [1.54, 1.807) is 12.4 Å². The lowest BCUT2D eigenvalue weighted by Gasteiger charge is -2.08. The Morgan fingerprint density at radius 3 is 1.28 bits per heavy atom. The molecule has 0 bridgehead atoms. The number of aromatic nitrogens is 4. The maximum Gasteiger partial charge on any atom is 0.0450 e. The Kier molecular flexibility index (Phi) is 32.0. The van der Waals surface area contributed by atoms with Crippen molar-refractivity contribution in [1.29, 1.82) is 0 Å². The zero-order valence-corrected chi connectivity index (χ0v) is 45.5. The lowest BCUT2D eigenvalue weighted by molar-refractivity contribution is 0.667. The summed E-state index contributed by atoms with van der Waals surface area (Å²) in [7, 11) is 0. The molecule has 0 aliphatic heterocycles. The van der Waals surface area contributed by atoms with Crippen LogP contribution in [0.1, 0.15) is 133 Å². The summed E-state index contributed by atoms with van der Waals surface area (Å²) in [5.74, 6) is 0. The average molecular weight is 923 g/mol. The first-order valence-electron chi connectivity index (χ1n) is 25.6. The van der Waals surface area contributed by atoms with Gasteiger partial charge in [0.2, 0.25) is 0 Å². The molecular weight excluding hydrogens is 837 g/mol. The van der Waals surface area contributed by atoms with Crippen molar-refractivity contribution >= 4 is 0 Å². The van der Waals surface area contributed by atoms with E-state index in [0.29, 0.717) is 0 Å². The quantitative estimate of drug-likeness (QED) is 0.135. The van der Waals surface area contributed by atoms with Crippen LogP contribution in [0.15, 0.2) is 171 Å². The first-order chi connectivity index (χ1) is 33.6. The van der Waals surface area contributed by atoms with Gasteiger partial charge in [-0.25, -0.2) is 0 Å². The Balaban J connectivity index is 0.000000440. The summed E-state index contributed by atoms with van der Waals surface area (Å²) in [4.78, 5) is 16.7. The Labute approximate surface area is 420 Å². The van der Waals surface area contributed by atoms with Crippen molar-refractivity contribution in [3.8, 4) is 44.5 Å². The van der Waals surface area contributed by atoms with Crippen LogP contribution in [0.4, 0.5) is 0 Å². The molecule has 0 N–H and O–H groups in total. The molecule has 0 amide bonds. The minimum absolute atomic E-state index is 1.08. The van der Waals surface area contributed by atoms with E-state index in [-0.39, 0.29) is 0 Å².